The predicted octanol–water partition coefficient (Wildman–Crippen LogP) is 1.41. The number of nitrogens with zero attached hydrogens (tertiary/aromatic N) is 1. The van der Waals surface area contributed by atoms with Crippen molar-refractivity contribution in [3.8, 4) is 17.2 Å². The minimum atomic E-state index is -1.11. The van der Waals surface area contributed by atoms with Crippen molar-refractivity contribution in [2.24, 2.45) is 5.73 Å². The highest BCUT2D eigenvalue weighted by Gasteiger charge is 2.21. The molecule has 0 aromatic heterocycles. The summed E-state index contributed by atoms with van der Waals surface area (Å²) in [6.07, 6.45) is -1.11. The van der Waals surface area contributed by atoms with Crippen LogP contribution in [0.25, 0.3) is 0 Å². The molecule has 2 rings (SSSR count). The number of hydrogen-bond donors (Lipinski definition) is 3. The number of non-ortho nitro benzene ring substituents is 1. The topological polar surface area (TPSA) is 146 Å². The van der Waals surface area contributed by atoms with E-state index in [2.05, 4.69) is 5.32 Å². The summed E-state index contributed by atoms with van der Waals surface area (Å²) in [5.74, 6) is 0.562. The summed E-state index contributed by atoms with van der Waals surface area (Å²) >= 11 is 0. The number of aliphatic hydroxyl groups is 1. The van der Waals surface area contributed by atoms with E-state index in [1.165, 1.54) is 57.7 Å². The lowest BCUT2D eigenvalue weighted by molar-refractivity contribution is -0.384. The Balaban J connectivity index is 2.06. The number of nitrogens with one attached hydrogen (secondary N) is 1. The molecule has 0 spiro atoms. The number of nitro benzene ring substituents is 1. The summed E-state index contributed by atoms with van der Waals surface area (Å²) in [5, 5.41) is 23.7. The first kappa shape index (κ1) is 21.9. The highest BCUT2D eigenvalue weighted by Crippen LogP contribution is 2.38. The Kier molecular flexibility index (Phi) is 7.34. The molecule has 10 heteroatoms. The van der Waals surface area contributed by atoms with Gasteiger partial charge < -0.3 is 30.4 Å². The summed E-state index contributed by atoms with van der Waals surface area (Å²) in [6, 6.07) is 7.55. The van der Waals surface area contributed by atoms with E-state index in [0.29, 0.717) is 22.8 Å². The van der Waals surface area contributed by atoms with Crippen LogP contribution in [-0.4, -0.2) is 49.9 Å². The zero-order chi connectivity index (χ0) is 21.6. The molecule has 2 aromatic carbocycles. The molecular weight excluding hydrogens is 382 g/mol. The maximum Gasteiger partial charge on any atom is 0.269 e. The number of aliphatic hydroxyl groups excluding tert-OH is 1. The molecular formula is C19H23N3O7. The van der Waals surface area contributed by atoms with Gasteiger partial charge in [-0.25, -0.2) is 0 Å². The maximum atomic E-state index is 12.5. The molecule has 0 radical (unpaired) electrons. The Bertz CT molecular complexity index is 846. The normalized spacial score (nSPS) is 12.6. The predicted molar refractivity (Wildman–Crippen MR) is 104 cm³/mol. The Morgan fingerprint density at radius 1 is 1.14 bits per heavy atom. The summed E-state index contributed by atoms with van der Waals surface area (Å²) in [5.41, 5.74) is 6.54. The molecule has 0 aliphatic heterocycles. The first-order chi connectivity index (χ1) is 13.8. The molecule has 0 fully saturated rings. The van der Waals surface area contributed by atoms with Crippen molar-refractivity contribution in [1.82, 2.24) is 5.32 Å². The number of rotatable bonds is 9. The van der Waals surface area contributed by atoms with Crippen LogP contribution in [0.2, 0.25) is 0 Å². The number of hydrogen-bond acceptors (Lipinski definition) is 8. The first-order valence-corrected chi connectivity index (χ1v) is 8.58. The van der Waals surface area contributed by atoms with Crippen LogP contribution in [0.5, 0.6) is 17.2 Å². The molecule has 0 aliphatic rings. The average Bonchev–Trinajstić information content (AvgIpc) is 2.75. The van der Waals surface area contributed by atoms with E-state index in [0.717, 1.165) is 0 Å². The fourth-order valence-corrected chi connectivity index (χ4v) is 2.68. The number of nitrogens with two attached hydrogens (primary N) is 1. The van der Waals surface area contributed by atoms with Gasteiger partial charge in [-0.3, -0.25) is 14.9 Å². The highest BCUT2D eigenvalue weighted by atomic mass is 16.6. The third-order valence-corrected chi connectivity index (χ3v) is 4.28. The Morgan fingerprint density at radius 2 is 1.69 bits per heavy atom. The molecule has 156 valence electrons. The number of amides is 1. The van der Waals surface area contributed by atoms with Crippen LogP contribution in [-0.2, 0) is 0 Å². The molecule has 10 nitrogen and oxygen atoms in total. The van der Waals surface area contributed by atoms with Crippen LogP contribution in [0, 0.1) is 10.1 Å². The van der Waals surface area contributed by atoms with Gasteiger partial charge in [0.15, 0.2) is 11.5 Å². The number of carbonyl (C=O) groups excluding carboxylic acids is 1. The summed E-state index contributed by atoms with van der Waals surface area (Å²) in [7, 11) is 4.34. The average molecular weight is 405 g/mol. The van der Waals surface area contributed by atoms with Crippen molar-refractivity contribution in [3.05, 3.63) is 57.6 Å². The molecule has 2 atom stereocenters. The number of methoxy groups -OCH3 is 3. The number of carbonyl (C=O) groups is 1. The summed E-state index contributed by atoms with van der Waals surface area (Å²) in [4.78, 5) is 22.7. The number of nitro groups is 1. The van der Waals surface area contributed by atoms with Gasteiger partial charge in [0.05, 0.1) is 38.4 Å². The molecule has 2 aromatic rings. The van der Waals surface area contributed by atoms with Crippen LogP contribution in [0.1, 0.15) is 22.0 Å². The molecule has 1 amide bonds. The van der Waals surface area contributed by atoms with Gasteiger partial charge >= 0.3 is 0 Å². The maximum absolute atomic E-state index is 12.5. The quantitative estimate of drug-likeness (QED) is 0.419. The highest BCUT2D eigenvalue weighted by molar-refractivity contribution is 5.95. The first-order valence-electron chi connectivity index (χ1n) is 8.58. The number of benzene rings is 2. The standard InChI is InChI=1S/C19H23N3O7/c1-27-15-8-12(9-16(28-2)18(15)29-3)19(24)21-10-14(20)17(23)11-4-6-13(7-5-11)22(25)26/h4-9,14,17,23H,10,20H2,1-3H3,(H,21,24)/t14-,17-/m0/s1. The van der Waals surface area contributed by atoms with Crippen LogP contribution >= 0.6 is 0 Å². The fourth-order valence-electron chi connectivity index (χ4n) is 2.68. The van der Waals surface area contributed by atoms with Crippen LogP contribution in [0.15, 0.2) is 36.4 Å². The molecule has 0 heterocycles. The molecule has 0 unspecified atom stereocenters. The minimum absolute atomic E-state index is 0.0341. The van der Waals surface area contributed by atoms with Gasteiger partial charge in [-0.2, -0.15) is 0 Å². The lowest BCUT2D eigenvalue weighted by Gasteiger charge is -2.20. The van der Waals surface area contributed by atoms with Crippen LogP contribution in [0.4, 0.5) is 5.69 Å². The van der Waals surface area contributed by atoms with E-state index in [1.807, 2.05) is 0 Å². The van der Waals surface area contributed by atoms with Gasteiger partial charge in [0.25, 0.3) is 11.6 Å². The fraction of sp³-hybridized carbons (Fsp3) is 0.316. The number of ether oxygens (including phenoxy) is 3. The second-order valence-electron chi connectivity index (χ2n) is 6.08. The third kappa shape index (κ3) is 5.12. The Hall–Kier alpha value is -3.37. The van der Waals surface area contributed by atoms with E-state index < -0.39 is 23.0 Å². The van der Waals surface area contributed by atoms with Crippen molar-refractivity contribution in [1.29, 1.82) is 0 Å². The van der Waals surface area contributed by atoms with Crippen LogP contribution < -0.4 is 25.3 Å². The van der Waals surface area contributed by atoms with Gasteiger partial charge in [0, 0.05) is 24.2 Å². The Morgan fingerprint density at radius 3 is 2.14 bits per heavy atom. The Labute approximate surface area is 167 Å². The smallest absolute Gasteiger partial charge is 0.269 e. The molecule has 29 heavy (non-hydrogen) atoms. The van der Waals surface area contributed by atoms with E-state index in [4.69, 9.17) is 19.9 Å². The molecule has 0 saturated heterocycles. The van der Waals surface area contributed by atoms with E-state index in [1.54, 1.807) is 0 Å². The van der Waals surface area contributed by atoms with Gasteiger partial charge in [0.2, 0.25) is 5.75 Å². The van der Waals surface area contributed by atoms with Crippen molar-refractivity contribution in [2.75, 3.05) is 27.9 Å². The third-order valence-electron chi connectivity index (χ3n) is 4.28. The lowest BCUT2D eigenvalue weighted by Crippen LogP contribution is -2.41. The van der Waals surface area contributed by atoms with Crippen molar-refractivity contribution in [3.63, 3.8) is 0 Å². The zero-order valence-electron chi connectivity index (χ0n) is 16.2. The van der Waals surface area contributed by atoms with E-state index in [9.17, 15) is 20.0 Å². The largest absolute Gasteiger partial charge is 0.493 e. The minimum Gasteiger partial charge on any atom is -0.493 e. The molecule has 4 N–H and O–H groups in total. The molecule has 0 aliphatic carbocycles. The van der Waals surface area contributed by atoms with E-state index in [-0.39, 0.29) is 17.8 Å². The monoisotopic (exact) mass is 405 g/mol. The van der Waals surface area contributed by atoms with Crippen LogP contribution in [0.3, 0.4) is 0 Å². The second kappa shape index (κ2) is 9.71. The van der Waals surface area contributed by atoms with Gasteiger partial charge in [-0.1, -0.05) is 0 Å². The van der Waals surface area contributed by atoms with Gasteiger partial charge in [0.1, 0.15) is 0 Å². The second-order valence-corrected chi connectivity index (χ2v) is 6.08. The van der Waals surface area contributed by atoms with E-state index >= 15 is 0 Å². The van der Waals surface area contributed by atoms with Gasteiger partial charge in [-0.05, 0) is 29.8 Å². The summed E-state index contributed by atoms with van der Waals surface area (Å²) < 4.78 is 15.7. The van der Waals surface area contributed by atoms with Gasteiger partial charge in [-0.15, -0.1) is 0 Å². The zero-order valence-corrected chi connectivity index (χ0v) is 16.2. The van der Waals surface area contributed by atoms with Crippen molar-refractivity contribution < 1.29 is 29.0 Å². The molecule has 0 saturated carbocycles. The molecule has 0 bridgehead atoms. The van der Waals surface area contributed by atoms with Crippen molar-refractivity contribution in [2.45, 2.75) is 12.1 Å². The van der Waals surface area contributed by atoms with Crippen molar-refractivity contribution >= 4 is 11.6 Å². The SMILES string of the molecule is COc1cc(C(=O)NC[C@H](N)[C@@H](O)c2ccc([N+](=O)[O-])cc2)cc(OC)c1OC. The lowest BCUT2D eigenvalue weighted by atomic mass is 10.0. The summed E-state index contributed by atoms with van der Waals surface area (Å²) in [6.45, 7) is -0.0341.